The molecule has 5 heteroatoms. The Bertz CT molecular complexity index is 398. The van der Waals surface area contributed by atoms with E-state index in [1.165, 1.54) is 4.20 Å². The number of hydrogen-bond donors (Lipinski definition) is 0. The molecule has 56 valence electrons. The average molecular weight is 279 g/mol. The summed E-state index contributed by atoms with van der Waals surface area (Å²) < 4.78 is 2.15. The second-order valence-corrected chi connectivity index (χ2v) is 3.36. The van der Waals surface area contributed by atoms with Gasteiger partial charge in [0, 0.05) is 18.0 Å². The molecule has 0 aliphatic heterocycles. The van der Waals surface area contributed by atoms with Crippen LogP contribution in [0.3, 0.4) is 0 Å². The van der Waals surface area contributed by atoms with Crippen molar-refractivity contribution in [2.75, 3.05) is 0 Å². The molecule has 0 unspecified atom stereocenters. The monoisotopic (exact) mass is 279 g/mol. The Labute approximate surface area is 81.6 Å². The number of fused-ring (bicyclic) bond motifs is 1. The highest BCUT2D eigenvalue weighted by molar-refractivity contribution is 14.1. The van der Waals surface area contributed by atoms with Crippen LogP contribution in [0, 0.1) is 3.70 Å². The number of hydrogen-bond acceptors (Lipinski definition) is 2. The van der Waals surface area contributed by atoms with Gasteiger partial charge >= 0.3 is 0 Å². The Kier molecular flexibility index (Phi) is 1.72. The van der Waals surface area contributed by atoms with Gasteiger partial charge in [0.2, 0.25) is 0 Å². The first-order valence-corrected chi connectivity index (χ1v) is 4.36. The summed E-state index contributed by atoms with van der Waals surface area (Å²) in [7, 11) is 0. The predicted octanol–water partition coefficient (Wildman–Crippen LogP) is 2.04. The van der Waals surface area contributed by atoms with E-state index in [1.807, 2.05) is 12.1 Å². The van der Waals surface area contributed by atoms with Crippen molar-refractivity contribution in [3.63, 3.8) is 0 Å². The van der Waals surface area contributed by atoms with Crippen LogP contribution in [0.5, 0.6) is 0 Å². The minimum Gasteiger partial charge on any atom is -0.252 e. The summed E-state index contributed by atoms with van der Waals surface area (Å²) in [4.78, 5) is 4.13. The number of nitrogens with zero attached hydrogens (tertiary/aromatic N) is 3. The molecule has 0 amide bonds. The van der Waals surface area contributed by atoms with Gasteiger partial charge in [0.05, 0.1) is 0 Å². The van der Waals surface area contributed by atoms with Crippen molar-refractivity contribution in [1.82, 2.24) is 14.3 Å². The van der Waals surface area contributed by atoms with Crippen molar-refractivity contribution in [3.05, 3.63) is 22.0 Å². The van der Waals surface area contributed by atoms with Crippen molar-refractivity contribution in [2.45, 2.75) is 0 Å². The number of rotatable bonds is 0. The third-order valence-electron chi connectivity index (χ3n) is 1.34. The molecule has 0 fully saturated rings. The summed E-state index contributed by atoms with van der Waals surface area (Å²) >= 11 is 7.81. The van der Waals surface area contributed by atoms with Gasteiger partial charge in [-0.2, -0.15) is 9.30 Å². The molecule has 2 aromatic rings. The zero-order chi connectivity index (χ0) is 7.84. The molecular formula is C6H3ClIN3. The molecule has 0 radical (unpaired) electrons. The van der Waals surface area contributed by atoms with Crippen LogP contribution >= 0.6 is 34.4 Å². The molecule has 3 nitrogen and oxygen atoms in total. The highest BCUT2D eigenvalue weighted by atomic mass is 127. The number of aromatic nitrogens is 3. The van der Waals surface area contributed by atoms with Crippen LogP contribution in [0.4, 0.5) is 0 Å². The third kappa shape index (κ3) is 1.10. The predicted molar refractivity (Wildman–Crippen MR) is 51.5 cm³/mol. The van der Waals surface area contributed by atoms with Crippen LogP contribution in [0.1, 0.15) is 0 Å². The molecule has 0 saturated carbocycles. The van der Waals surface area contributed by atoms with Crippen LogP contribution in [0.25, 0.3) is 11.0 Å². The highest BCUT2D eigenvalue weighted by Crippen LogP contribution is 2.17. The van der Waals surface area contributed by atoms with Crippen molar-refractivity contribution >= 4 is 45.4 Å². The van der Waals surface area contributed by atoms with E-state index >= 15 is 0 Å². The van der Waals surface area contributed by atoms with Gasteiger partial charge in [-0.05, 0) is 34.7 Å². The zero-order valence-electron chi connectivity index (χ0n) is 5.33. The van der Waals surface area contributed by atoms with Crippen molar-refractivity contribution in [1.29, 1.82) is 0 Å². The second-order valence-electron chi connectivity index (χ2n) is 2.02. The lowest BCUT2D eigenvalue weighted by molar-refractivity contribution is 0.989. The van der Waals surface area contributed by atoms with Gasteiger partial charge in [0.25, 0.3) is 0 Å². The molecule has 2 rings (SSSR count). The zero-order valence-corrected chi connectivity index (χ0v) is 8.24. The molecule has 0 N–H and O–H groups in total. The molecule has 0 bridgehead atoms. The molecular weight excluding hydrogens is 276 g/mol. The molecule has 0 atom stereocenters. The SMILES string of the molecule is Cln1nc2cccnc2c1I. The lowest BCUT2D eigenvalue weighted by Gasteiger charge is -1.84. The van der Waals surface area contributed by atoms with E-state index in [1.54, 1.807) is 6.20 Å². The minimum absolute atomic E-state index is 0.826. The van der Waals surface area contributed by atoms with E-state index in [9.17, 15) is 0 Å². The van der Waals surface area contributed by atoms with Crippen LogP contribution in [-0.2, 0) is 0 Å². The summed E-state index contributed by atoms with van der Waals surface area (Å²) in [6.07, 6.45) is 1.73. The smallest absolute Gasteiger partial charge is 0.144 e. The highest BCUT2D eigenvalue weighted by Gasteiger charge is 2.06. The summed E-state index contributed by atoms with van der Waals surface area (Å²) in [6.45, 7) is 0. The van der Waals surface area contributed by atoms with Gasteiger partial charge in [-0.15, -0.1) is 0 Å². The summed E-state index contributed by atoms with van der Waals surface area (Å²) in [5.74, 6) is 0. The molecule has 0 saturated heterocycles. The van der Waals surface area contributed by atoms with Gasteiger partial charge in [0.1, 0.15) is 14.7 Å². The Hall–Kier alpha value is -0.360. The van der Waals surface area contributed by atoms with E-state index in [4.69, 9.17) is 11.8 Å². The summed E-state index contributed by atoms with van der Waals surface area (Å²) in [5, 5.41) is 4.02. The van der Waals surface area contributed by atoms with Crippen molar-refractivity contribution in [3.8, 4) is 0 Å². The lowest BCUT2D eigenvalue weighted by Crippen LogP contribution is -1.83. The summed E-state index contributed by atoms with van der Waals surface area (Å²) in [5.41, 5.74) is 1.68. The molecule has 0 aliphatic carbocycles. The number of halogens is 2. The van der Waals surface area contributed by atoms with E-state index in [-0.39, 0.29) is 0 Å². The molecule has 0 spiro atoms. The quantitative estimate of drug-likeness (QED) is 0.691. The van der Waals surface area contributed by atoms with Crippen LogP contribution < -0.4 is 0 Å². The van der Waals surface area contributed by atoms with Crippen LogP contribution in [0.2, 0.25) is 0 Å². The summed E-state index contributed by atoms with van der Waals surface area (Å²) in [6, 6.07) is 3.71. The third-order valence-corrected chi connectivity index (χ3v) is 2.84. The van der Waals surface area contributed by atoms with Crippen LogP contribution in [0.15, 0.2) is 18.3 Å². The first kappa shape index (κ1) is 7.30. The minimum atomic E-state index is 0.826. The maximum atomic E-state index is 5.71. The van der Waals surface area contributed by atoms with Gasteiger partial charge in [0.15, 0.2) is 0 Å². The topological polar surface area (TPSA) is 30.7 Å². The number of pyridine rings is 1. The molecule has 0 aliphatic rings. The molecule has 0 aromatic carbocycles. The largest absolute Gasteiger partial charge is 0.252 e. The Morgan fingerprint density at radius 2 is 2.36 bits per heavy atom. The van der Waals surface area contributed by atoms with E-state index in [0.29, 0.717) is 0 Å². The molecule has 11 heavy (non-hydrogen) atoms. The fourth-order valence-electron chi connectivity index (χ4n) is 0.862. The van der Waals surface area contributed by atoms with Crippen molar-refractivity contribution < 1.29 is 0 Å². The maximum absolute atomic E-state index is 5.71. The average Bonchev–Trinajstić information content (AvgIpc) is 2.30. The second kappa shape index (κ2) is 2.60. The van der Waals surface area contributed by atoms with E-state index in [0.717, 1.165) is 14.7 Å². The van der Waals surface area contributed by atoms with Gasteiger partial charge in [-0.25, -0.2) is 0 Å². The Morgan fingerprint density at radius 3 is 3.09 bits per heavy atom. The van der Waals surface area contributed by atoms with E-state index in [2.05, 4.69) is 32.7 Å². The van der Waals surface area contributed by atoms with Crippen molar-refractivity contribution in [2.24, 2.45) is 0 Å². The molecule has 2 aromatic heterocycles. The standard InChI is InChI=1S/C6H3ClIN3/c7-11-6(8)5-4(10-11)2-1-3-9-5/h1-3H. The van der Waals surface area contributed by atoms with Gasteiger partial charge in [-0.1, -0.05) is 0 Å². The fourth-order valence-corrected chi connectivity index (χ4v) is 1.55. The van der Waals surface area contributed by atoms with Gasteiger partial charge < -0.3 is 0 Å². The first-order valence-electron chi connectivity index (χ1n) is 2.94. The lowest BCUT2D eigenvalue weighted by atomic mass is 10.4. The van der Waals surface area contributed by atoms with Crippen LogP contribution in [-0.4, -0.2) is 14.3 Å². The first-order chi connectivity index (χ1) is 5.29. The Morgan fingerprint density at radius 1 is 1.55 bits per heavy atom. The molecule has 2 heterocycles. The maximum Gasteiger partial charge on any atom is 0.144 e. The van der Waals surface area contributed by atoms with E-state index < -0.39 is 0 Å². The normalized spacial score (nSPS) is 10.7. The Balaban J connectivity index is 2.92. The fraction of sp³-hybridized carbons (Fsp3) is 0. The van der Waals surface area contributed by atoms with Gasteiger partial charge in [-0.3, -0.25) is 4.98 Å².